The Bertz CT molecular complexity index is 602. The highest BCUT2D eigenvalue weighted by Gasteiger charge is 2.32. The Kier molecular flexibility index (Phi) is 3.99. The molecule has 2 heterocycles. The number of carbonyl (C=O) groups excluding carboxylic acids is 1. The molecule has 3 rings (SSSR count). The highest BCUT2D eigenvalue weighted by Crippen LogP contribution is 2.23. The summed E-state index contributed by atoms with van der Waals surface area (Å²) in [6.45, 7) is 3.60. The third-order valence-electron chi connectivity index (χ3n) is 3.91. The first-order chi connectivity index (χ1) is 10.3. The second-order valence-electron chi connectivity index (χ2n) is 5.51. The average molecular weight is 284 g/mol. The standard InChI is InChI=1S/C16H20N4O/c1-2-3-9-16(21)19-10-14(11-19)20-12-15(17-18-20)13-7-5-4-6-8-13/h4-8,12,14H,2-3,9-11H2,1H3. The minimum Gasteiger partial charge on any atom is -0.338 e. The Balaban J connectivity index is 1.58. The molecule has 0 atom stereocenters. The van der Waals surface area contributed by atoms with Crippen molar-refractivity contribution in [2.45, 2.75) is 32.2 Å². The van der Waals surface area contributed by atoms with Crippen LogP contribution in [-0.2, 0) is 4.79 Å². The van der Waals surface area contributed by atoms with Crippen LogP contribution in [0.5, 0.6) is 0 Å². The zero-order valence-electron chi connectivity index (χ0n) is 12.3. The molecular formula is C16H20N4O. The maximum Gasteiger partial charge on any atom is 0.222 e. The van der Waals surface area contributed by atoms with Crippen LogP contribution in [0.2, 0.25) is 0 Å². The lowest BCUT2D eigenvalue weighted by molar-refractivity contribution is -0.137. The lowest BCUT2D eigenvalue weighted by Gasteiger charge is -2.38. The van der Waals surface area contributed by atoms with Gasteiger partial charge in [0.2, 0.25) is 5.91 Å². The van der Waals surface area contributed by atoms with E-state index in [-0.39, 0.29) is 11.9 Å². The van der Waals surface area contributed by atoms with Crippen LogP contribution < -0.4 is 0 Å². The Hall–Kier alpha value is -2.17. The molecule has 1 amide bonds. The molecule has 110 valence electrons. The summed E-state index contributed by atoms with van der Waals surface area (Å²) in [5.74, 6) is 0.261. The van der Waals surface area contributed by atoms with Gasteiger partial charge in [0.1, 0.15) is 5.69 Å². The fourth-order valence-corrected chi connectivity index (χ4v) is 2.51. The van der Waals surface area contributed by atoms with Gasteiger partial charge in [-0.1, -0.05) is 48.9 Å². The molecule has 0 saturated carbocycles. The molecule has 1 fully saturated rings. The molecule has 1 aromatic carbocycles. The number of carbonyl (C=O) groups is 1. The topological polar surface area (TPSA) is 51.0 Å². The Morgan fingerprint density at radius 3 is 2.76 bits per heavy atom. The van der Waals surface area contributed by atoms with E-state index in [2.05, 4.69) is 17.2 Å². The van der Waals surface area contributed by atoms with Gasteiger partial charge in [-0.15, -0.1) is 5.10 Å². The molecule has 0 radical (unpaired) electrons. The maximum absolute atomic E-state index is 11.9. The van der Waals surface area contributed by atoms with Crippen LogP contribution in [0.15, 0.2) is 36.5 Å². The number of hydrogen-bond acceptors (Lipinski definition) is 3. The summed E-state index contributed by atoms with van der Waals surface area (Å²) in [4.78, 5) is 13.8. The number of rotatable bonds is 5. The number of hydrogen-bond donors (Lipinski definition) is 0. The van der Waals surface area contributed by atoms with Gasteiger partial charge in [0.15, 0.2) is 0 Å². The summed E-state index contributed by atoms with van der Waals surface area (Å²) in [5, 5.41) is 8.42. The molecule has 21 heavy (non-hydrogen) atoms. The number of amides is 1. The zero-order chi connectivity index (χ0) is 14.7. The predicted molar refractivity (Wildman–Crippen MR) is 80.6 cm³/mol. The van der Waals surface area contributed by atoms with Gasteiger partial charge >= 0.3 is 0 Å². The van der Waals surface area contributed by atoms with Crippen LogP contribution in [-0.4, -0.2) is 38.9 Å². The van der Waals surface area contributed by atoms with Gasteiger partial charge in [-0.3, -0.25) is 4.79 Å². The molecule has 0 spiro atoms. The summed E-state index contributed by atoms with van der Waals surface area (Å²) in [6, 6.07) is 10.3. The second kappa shape index (κ2) is 6.08. The SMILES string of the molecule is CCCCC(=O)N1CC(n2cc(-c3ccccc3)nn2)C1. The molecule has 1 aromatic heterocycles. The molecule has 5 heteroatoms. The fourth-order valence-electron chi connectivity index (χ4n) is 2.51. The maximum atomic E-state index is 11.9. The average Bonchev–Trinajstić information content (AvgIpc) is 2.94. The van der Waals surface area contributed by atoms with E-state index in [1.165, 1.54) is 0 Å². The zero-order valence-corrected chi connectivity index (χ0v) is 12.3. The van der Waals surface area contributed by atoms with Gasteiger partial charge in [0.25, 0.3) is 0 Å². The lowest BCUT2D eigenvalue weighted by Crippen LogP contribution is -2.50. The number of likely N-dealkylation sites (tertiary alicyclic amines) is 1. The highest BCUT2D eigenvalue weighted by molar-refractivity contribution is 5.77. The number of unbranched alkanes of at least 4 members (excludes halogenated alkanes) is 1. The van der Waals surface area contributed by atoms with Gasteiger partial charge < -0.3 is 4.90 Å². The van der Waals surface area contributed by atoms with Crippen molar-refractivity contribution in [3.8, 4) is 11.3 Å². The Labute approximate surface area is 124 Å². The summed E-state index contributed by atoms with van der Waals surface area (Å²) in [6.07, 6.45) is 4.66. The van der Waals surface area contributed by atoms with E-state index in [0.29, 0.717) is 6.42 Å². The van der Waals surface area contributed by atoms with Crippen molar-refractivity contribution >= 4 is 5.91 Å². The van der Waals surface area contributed by atoms with E-state index in [1.807, 2.05) is 46.1 Å². The van der Waals surface area contributed by atoms with Crippen molar-refractivity contribution in [2.75, 3.05) is 13.1 Å². The highest BCUT2D eigenvalue weighted by atomic mass is 16.2. The first-order valence-corrected chi connectivity index (χ1v) is 7.53. The molecule has 0 N–H and O–H groups in total. The second-order valence-corrected chi connectivity index (χ2v) is 5.51. The molecule has 0 aliphatic carbocycles. The molecule has 0 bridgehead atoms. The van der Waals surface area contributed by atoms with Crippen molar-refractivity contribution in [1.82, 2.24) is 19.9 Å². The van der Waals surface area contributed by atoms with Crippen LogP contribution in [0.3, 0.4) is 0 Å². The predicted octanol–water partition coefficient (Wildman–Crippen LogP) is 2.52. The summed E-state index contributed by atoms with van der Waals surface area (Å²) in [5.41, 5.74) is 1.95. The molecule has 5 nitrogen and oxygen atoms in total. The number of aromatic nitrogens is 3. The largest absolute Gasteiger partial charge is 0.338 e. The van der Waals surface area contributed by atoms with E-state index in [1.54, 1.807) is 0 Å². The van der Waals surface area contributed by atoms with Crippen molar-refractivity contribution in [2.24, 2.45) is 0 Å². The van der Waals surface area contributed by atoms with Crippen LogP contribution in [0.1, 0.15) is 32.2 Å². The van der Waals surface area contributed by atoms with Crippen molar-refractivity contribution in [3.05, 3.63) is 36.5 Å². The number of nitrogens with zero attached hydrogens (tertiary/aromatic N) is 4. The van der Waals surface area contributed by atoms with E-state index in [9.17, 15) is 4.79 Å². The molecule has 1 aliphatic heterocycles. The first kappa shape index (κ1) is 13.8. The normalized spacial score (nSPS) is 15.0. The third kappa shape index (κ3) is 2.96. The van der Waals surface area contributed by atoms with E-state index < -0.39 is 0 Å². The minimum absolute atomic E-state index is 0.261. The molecule has 1 aliphatic rings. The molecule has 0 unspecified atom stereocenters. The van der Waals surface area contributed by atoms with Gasteiger partial charge in [-0.05, 0) is 6.42 Å². The minimum atomic E-state index is 0.261. The quantitative estimate of drug-likeness (QED) is 0.847. The smallest absolute Gasteiger partial charge is 0.222 e. The van der Waals surface area contributed by atoms with Crippen LogP contribution in [0, 0.1) is 0 Å². The third-order valence-corrected chi connectivity index (χ3v) is 3.91. The monoisotopic (exact) mass is 284 g/mol. The van der Waals surface area contributed by atoms with Crippen LogP contribution in [0.25, 0.3) is 11.3 Å². The van der Waals surface area contributed by atoms with Crippen LogP contribution >= 0.6 is 0 Å². The van der Waals surface area contributed by atoms with Crippen molar-refractivity contribution in [1.29, 1.82) is 0 Å². The van der Waals surface area contributed by atoms with Crippen LogP contribution in [0.4, 0.5) is 0 Å². The van der Waals surface area contributed by atoms with E-state index >= 15 is 0 Å². The van der Waals surface area contributed by atoms with E-state index in [4.69, 9.17) is 0 Å². The Morgan fingerprint density at radius 1 is 1.29 bits per heavy atom. The number of benzene rings is 1. The summed E-state index contributed by atoms with van der Waals surface area (Å²) >= 11 is 0. The lowest BCUT2D eigenvalue weighted by atomic mass is 10.1. The molecular weight excluding hydrogens is 264 g/mol. The fraction of sp³-hybridized carbons (Fsp3) is 0.438. The van der Waals surface area contributed by atoms with Crippen molar-refractivity contribution in [3.63, 3.8) is 0 Å². The van der Waals surface area contributed by atoms with Gasteiger partial charge in [-0.2, -0.15) is 0 Å². The van der Waals surface area contributed by atoms with Gasteiger partial charge in [0.05, 0.1) is 12.2 Å². The van der Waals surface area contributed by atoms with E-state index in [0.717, 1.165) is 37.2 Å². The summed E-state index contributed by atoms with van der Waals surface area (Å²) < 4.78 is 1.88. The van der Waals surface area contributed by atoms with Crippen molar-refractivity contribution < 1.29 is 4.79 Å². The first-order valence-electron chi connectivity index (χ1n) is 7.53. The van der Waals surface area contributed by atoms with Gasteiger partial charge in [-0.25, -0.2) is 4.68 Å². The summed E-state index contributed by atoms with van der Waals surface area (Å²) in [7, 11) is 0. The molecule has 1 saturated heterocycles. The Morgan fingerprint density at radius 2 is 2.05 bits per heavy atom. The van der Waals surface area contributed by atoms with Gasteiger partial charge in [0, 0.05) is 25.1 Å². The molecule has 2 aromatic rings.